The minimum atomic E-state index is -1.04. The van der Waals surface area contributed by atoms with E-state index in [-0.39, 0.29) is 10.8 Å². The highest BCUT2D eigenvalue weighted by molar-refractivity contribution is 6.21. The minimum absolute atomic E-state index is 0.0252. The van der Waals surface area contributed by atoms with Crippen LogP contribution in [0, 0.1) is 46.3 Å². The van der Waals surface area contributed by atoms with E-state index in [0.717, 1.165) is 37.0 Å². The average molecular weight is 452 g/mol. The molecule has 2 N–H and O–H groups in total. The SMILES string of the molecule is CC(C)CCCC(C)C1CCC2C3C/C(=N\O)C4(O)CC(Cl)CCC4(C)C3CCC12C. The monoisotopic (exact) mass is 451 g/mol. The van der Waals surface area contributed by atoms with Crippen molar-refractivity contribution in [3.63, 3.8) is 0 Å². The van der Waals surface area contributed by atoms with Gasteiger partial charge in [-0.25, -0.2) is 0 Å². The van der Waals surface area contributed by atoms with Crippen molar-refractivity contribution in [3.05, 3.63) is 0 Å². The molecule has 178 valence electrons. The molecule has 4 saturated carbocycles. The molecule has 0 bridgehead atoms. The number of hydrogen-bond acceptors (Lipinski definition) is 3. The standard InChI is InChI=1S/C27H46ClNO2/c1-17(2)7-6-8-18(3)21-9-10-22-20-15-24(29-31)27(30)16-19(28)11-14-26(27,5)23(20)12-13-25(21,22)4/h17-23,30-31H,6-16H2,1-5H3/b29-24+. The number of nitrogens with zero attached hydrogens (tertiary/aromatic N) is 1. The number of alkyl halides is 1. The van der Waals surface area contributed by atoms with Crippen LogP contribution in [0.3, 0.4) is 0 Å². The van der Waals surface area contributed by atoms with Crippen molar-refractivity contribution >= 4 is 17.3 Å². The normalized spacial score (nSPS) is 49.5. The molecule has 0 aromatic heterocycles. The third-order valence-electron chi connectivity index (χ3n) is 10.9. The van der Waals surface area contributed by atoms with Crippen molar-refractivity contribution in [2.24, 2.45) is 51.5 Å². The summed E-state index contributed by atoms with van der Waals surface area (Å²) < 4.78 is 0. The lowest BCUT2D eigenvalue weighted by atomic mass is 9.42. The fourth-order valence-electron chi connectivity index (χ4n) is 9.16. The van der Waals surface area contributed by atoms with Crippen molar-refractivity contribution in [2.45, 2.75) is 116 Å². The number of rotatable bonds is 5. The lowest BCUT2D eigenvalue weighted by molar-refractivity contribution is -0.152. The maximum atomic E-state index is 11.8. The Bertz CT molecular complexity index is 695. The molecule has 4 aliphatic rings. The van der Waals surface area contributed by atoms with Crippen molar-refractivity contribution in [3.8, 4) is 0 Å². The Kier molecular flexibility index (Phi) is 6.54. The maximum Gasteiger partial charge on any atom is 0.113 e. The zero-order valence-corrected chi connectivity index (χ0v) is 21.3. The van der Waals surface area contributed by atoms with E-state index in [2.05, 4.69) is 39.8 Å². The number of fused-ring (bicyclic) bond motifs is 5. The Balaban J connectivity index is 1.57. The quantitative estimate of drug-likeness (QED) is 0.262. The van der Waals surface area contributed by atoms with Crippen molar-refractivity contribution < 1.29 is 10.3 Å². The highest BCUT2D eigenvalue weighted by atomic mass is 35.5. The molecular weight excluding hydrogens is 406 g/mol. The van der Waals surface area contributed by atoms with Crippen molar-refractivity contribution in [1.29, 1.82) is 0 Å². The fourth-order valence-corrected chi connectivity index (χ4v) is 9.49. The zero-order chi connectivity index (χ0) is 22.6. The maximum absolute atomic E-state index is 11.8. The summed E-state index contributed by atoms with van der Waals surface area (Å²) >= 11 is 6.52. The topological polar surface area (TPSA) is 52.8 Å². The Morgan fingerprint density at radius 1 is 1.03 bits per heavy atom. The van der Waals surface area contributed by atoms with Gasteiger partial charge >= 0.3 is 0 Å². The van der Waals surface area contributed by atoms with Gasteiger partial charge < -0.3 is 10.3 Å². The Morgan fingerprint density at radius 3 is 2.45 bits per heavy atom. The highest BCUT2D eigenvalue weighted by Crippen LogP contribution is 2.68. The highest BCUT2D eigenvalue weighted by Gasteiger charge is 2.67. The van der Waals surface area contributed by atoms with Gasteiger partial charge in [0.05, 0.1) is 5.71 Å². The van der Waals surface area contributed by atoms with Crippen molar-refractivity contribution in [1.82, 2.24) is 0 Å². The fraction of sp³-hybridized carbons (Fsp3) is 0.963. The largest absolute Gasteiger partial charge is 0.411 e. The minimum Gasteiger partial charge on any atom is -0.411 e. The summed E-state index contributed by atoms with van der Waals surface area (Å²) in [6.45, 7) is 12.0. The first-order valence-electron chi connectivity index (χ1n) is 13.1. The van der Waals surface area contributed by atoms with Crippen LogP contribution in [0.1, 0.15) is 105 Å². The summed E-state index contributed by atoms with van der Waals surface area (Å²) in [6, 6.07) is 0. The van der Waals surface area contributed by atoms with Crippen LogP contribution in [-0.4, -0.2) is 27.0 Å². The van der Waals surface area contributed by atoms with Crippen LogP contribution in [0.15, 0.2) is 5.16 Å². The third-order valence-corrected chi connectivity index (χ3v) is 11.3. The molecule has 0 radical (unpaired) electrons. The average Bonchev–Trinajstić information content (AvgIpc) is 3.05. The molecule has 4 heteroatoms. The predicted octanol–water partition coefficient (Wildman–Crippen LogP) is 7.27. The van der Waals surface area contributed by atoms with Gasteiger partial charge in [-0.1, -0.05) is 59.0 Å². The van der Waals surface area contributed by atoms with Gasteiger partial charge in [-0.15, -0.1) is 11.6 Å². The van der Waals surface area contributed by atoms with Crippen LogP contribution in [0.25, 0.3) is 0 Å². The van der Waals surface area contributed by atoms with E-state index in [1.807, 2.05) is 0 Å². The van der Waals surface area contributed by atoms with Crippen LogP contribution in [0.4, 0.5) is 0 Å². The van der Waals surface area contributed by atoms with Gasteiger partial charge in [0.15, 0.2) is 0 Å². The number of hydrogen-bond donors (Lipinski definition) is 2. The molecule has 0 aromatic rings. The molecule has 3 nitrogen and oxygen atoms in total. The molecule has 9 unspecified atom stereocenters. The number of oxime groups is 1. The molecule has 9 atom stereocenters. The van der Waals surface area contributed by atoms with E-state index in [4.69, 9.17) is 11.6 Å². The van der Waals surface area contributed by atoms with Crippen LogP contribution in [-0.2, 0) is 0 Å². The third kappa shape index (κ3) is 3.69. The molecule has 4 fully saturated rings. The van der Waals surface area contributed by atoms with E-state index in [1.54, 1.807) is 0 Å². The first kappa shape index (κ1) is 23.9. The molecule has 0 aliphatic heterocycles. The van der Waals surface area contributed by atoms with Gasteiger partial charge in [0.1, 0.15) is 5.60 Å². The van der Waals surface area contributed by atoms with Crippen LogP contribution in [0.5, 0.6) is 0 Å². The summed E-state index contributed by atoms with van der Waals surface area (Å²) in [4.78, 5) is 0. The Morgan fingerprint density at radius 2 is 1.77 bits per heavy atom. The van der Waals surface area contributed by atoms with E-state index in [1.165, 1.54) is 44.9 Å². The van der Waals surface area contributed by atoms with Crippen LogP contribution >= 0.6 is 11.6 Å². The molecule has 0 aromatic carbocycles. The Labute approximate surface area is 195 Å². The molecule has 0 amide bonds. The lowest BCUT2D eigenvalue weighted by Gasteiger charge is -2.64. The second-order valence-corrected chi connectivity index (χ2v) is 13.4. The van der Waals surface area contributed by atoms with Crippen molar-refractivity contribution in [2.75, 3.05) is 0 Å². The van der Waals surface area contributed by atoms with Gasteiger partial charge in [0.2, 0.25) is 0 Å². The lowest BCUT2D eigenvalue weighted by Crippen LogP contribution is -2.66. The first-order valence-corrected chi connectivity index (χ1v) is 13.6. The summed E-state index contributed by atoms with van der Waals surface area (Å²) in [5.41, 5.74) is -0.234. The van der Waals surface area contributed by atoms with E-state index in [9.17, 15) is 10.3 Å². The van der Waals surface area contributed by atoms with E-state index >= 15 is 0 Å². The predicted molar refractivity (Wildman–Crippen MR) is 129 cm³/mol. The summed E-state index contributed by atoms with van der Waals surface area (Å²) in [6.07, 6.45) is 12.4. The molecule has 31 heavy (non-hydrogen) atoms. The second-order valence-electron chi connectivity index (χ2n) is 12.8. The summed E-state index contributed by atoms with van der Waals surface area (Å²) in [5.74, 6) is 4.15. The van der Waals surface area contributed by atoms with Gasteiger partial charge in [-0.3, -0.25) is 0 Å². The molecule has 4 aliphatic carbocycles. The molecule has 4 rings (SSSR count). The zero-order valence-electron chi connectivity index (χ0n) is 20.5. The van der Waals surface area contributed by atoms with Crippen LogP contribution in [0.2, 0.25) is 0 Å². The van der Waals surface area contributed by atoms with E-state index < -0.39 is 5.60 Å². The van der Waals surface area contributed by atoms with Gasteiger partial charge in [0.25, 0.3) is 0 Å². The summed E-state index contributed by atoms with van der Waals surface area (Å²) in [7, 11) is 0. The van der Waals surface area contributed by atoms with E-state index in [0.29, 0.717) is 35.3 Å². The number of halogens is 1. The Hall–Kier alpha value is -0.280. The molecule has 0 spiro atoms. The number of aliphatic hydroxyl groups is 1. The van der Waals surface area contributed by atoms with Crippen LogP contribution < -0.4 is 0 Å². The molecular formula is C27H46ClNO2. The van der Waals surface area contributed by atoms with Gasteiger partial charge in [-0.2, -0.15) is 0 Å². The second kappa shape index (κ2) is 8.49. The summed E-state index contributed by atoms with van der Waals surface area (Å²) in [5, 5.41) is 25.5. The smallest absolute Gasteiger partial charge is 0.113 e. The molecule has 0 heterocycles. The van der Waals surface area contributed by atoms with Gasteiger partial charge in [-0.05, 0) is 92.3 Å². The molecule has 0 saturated heterocycles. The first-order chi connectivity index (χ1) is 14.6. The van der Waals surface area contributed by atoms with Gasteiger partial charge in [0, 0.05) is 10.8 Å².